The molecule has 0 radical (unpaired) electrons. The number of aromatic nitrogens is 2. The summed E-state index contributed by atoms with van der Waals surface area (Å²) in [6, 6.07) is 2.90. The summed E-state index contributed by atoms with van der Waals surface area (Å²) in [6.45, 7) is 2.48. The van der Waals surface area contributed by atoms with E-state index in [0.29, 0.717) is 12.0 Å². The van der Waals surface area contributed by atoms with E-state index in [2.05, 4.69) is 35.3 Å². The predicted octanol–water partition coefficient (Wildman–Crippen LogP) is 2.71. The number of likely N-dealkylation sites (tertiary alicyclic amines) is 1. The Labute approximate surface area is 109 Å². The molecule has 1 atom stereocenters. The van der Waals surface area contributed by atoms with Crippen LogP contribution in [0.1, 0.15) is 43.7 Å². The van der Waals surface area contributed by atoms with Crippen LogP contribution < -0.4 is 0 Å². The number of rotatable bonds is 2. The molecular formula is C15H23N3. The summed E-state index contributed by atoms with van der Waals surface area (Å²) in [6.07, 6.45) is 13.3. The van der Waals surface area contributed by atoms with Crippen molar-refractivity contribution in [1.82, 2.24) is 14.7 Å². The Morgan fingerprint density at radius 2 is 2.06 bits per heavy atom. The van der Waals surface area contributed by atoms with Gasteiger partial charge in [0.2, 0.25) is 0 Å². The van der Waals surface area contributed by atoms with Crippen molar-refractivity contribution in [2.45, 2.75) is 44.1 Å². The molecule has 1 aliphatic heterocycles. The second kappa shape index (κ2) is 5.27. The molecular weight excluding hydrogens is 222 g/mol. The molecule has 1 fully saturated rings. The average Bonchev–Trinajstić information content (AvgIpc) is 2.86. The lowest BCUT2D eigenvalue weighted by atomic mass is 9.91. The first-order valence-corrected chi connectivity index (χ1v) is 7.23. The third-order valence-corrected chi connectivity index (χ3v) is 4.50. The predicted molar refractivity (Wildman–Crippen MR) is 73.5 cm³/mol. The first-order valence-electron chi connectivity index (χ1n) is 7.23. The summed E-state index contributed by atoms with van der Waals surface area (Å²) in [5.74, 6) is 0.710. The summed E-state index contributed by atoms with van der Waals surface area (Å²) in [5, 5.41) is 4.29. The fourth-order valence-electron chi connectivity index (χ4n) is 3.41. The molecule has 1 unspecified atom stereocenters. The average molecular weight is 245 g/mol. The van der Waals surface area contributed by atoms with Crippen LogP contribution in [0.3, 0.4) is 0 Å². The smallest absolute Gasteiger partial charge is 0.0492 e. The topological polar surface area (TPSA) is 21.1 Å². The van der Waals surface area contributed by atoms with E-state index in [1.807, 2.05) is 10.9 Å². The maximum absolute atomic E-state index is 4.29. The molecule has 0 bridgehead atoms. The largest absolute Gasteiger partial charge is 0.297 e. The molecule has 1 saturated heterocycles. The summed E-state index contributed by atoms with van der Waals surface area (Å²) in [7, 11) is 2.06. The molecule has 2 aliphatic rings. The van der Waals surface area contributed by atoms with Crippen LogP contribution in [0.25, 0.3) is 0 Å². The van der Waals surface area contributed by atoms with Crippen molar-refractivity contribution in [1.29, 1.82) is 0 Å². The van der Waals surface area contributed by atoms with Crippen LogP contribution >= 0.6 is 0 Å². The molecule has 0 N–H and O–H groups in total. The molecule has 3 rings (SSSR count). The molecule has 0 amide bonds. The first kappa shape index (κ1) is 12.0. The van der Waals surface area contributed by atoms with Gasteiger partial charge in [-0.15, -0.1) is 0 Å². The quantitative estimate of drug-likeness (QED) is 0.747. The molecule has 1 aromatic heterocycles. The number of allylic oxidation sites excluding steroid dienone is 1. The molecule has 1 aliphatic carbocycles. The van der Waals surface area contributed by atoms with Gasteiger partial charge in [0, 0.05) is 30.9 Å². The number of piperidine rings is 1. The minimum absolute atomic E-state index is 0.710. The van der Waals surface area contributed by atoms with Gasteiger partial charge >= 0.3 is 0 Å². The monoisotopic (exact) mass is 245 g/mol. The SMILES string of the molecule is Cn1nccc1C1CCN(C2C=CCCC2)CC1. The van der Waals surface area contributed by atoms with Gasteiger partial charge in [0.15, 0.2) is 0 Å². The van der Waals surface area contributed by atoms with E-state index in [0.717, 1.165) is 0 Å². The van der Waals surface area contributed by atoms with Gasteiger partial charge in [-0.1, -0.05) is 12.2 Å². The van der Waals surface area contributed by atoms with Crippen molar-refractivity contribution in [2.24, 2.45) is 7.05 Å². The Morgan fingerprint density at radius 1 is 1.22 bits per heavy atom. The van der Waals surface area contributed by atoms with E-state index in [9.17, 15) is 0 Å². The van der Waals surface area contributed by atoms with Gasteiger partial charge in [0.25, 0.3) is 0 Å². The van der Waals surface area contributed by atoms with Crippen LogP contribution in [0, 0.1) is 0 Å². The highest BCUT2D eigenvalue weighted by Crippen LogP contribution is 2.29. The Morgan fingerprint density at radius 3 is 2.67 bits per heavy atom. The van der Waals surface area contributed by atoms with Gasteiger partial charge < -0.3 is 0 Å². The van der Waals surface area contributed by atoms with Crippen LogP contribution in [0.4, 0.5) is 0 Å². The second-order valence-corrected chi connectivity index (χ2v) is 5.62. The van der Waals surface area contributed by atoms with Crippen molar-refractivity contribution < 1.29 is 0 Å². The van der Waals surface area contributed by atoms with E-state index in [1.165, 1.54) is 50.9 Å². The number of hydrogen-bond acceptors (Lipinski definition) is 2. The summed E-state index contributed by atoms with van der Waals surface area (Å²) in [4.78, 5) is 2.67. The summed E-state index contributed by atoms with van der Waals surface area (Å²) in [5.41, 5.74) is 1.41. The highest BCUT2D eigenvalue weighted by atomic mass is 15.3. The maximum atomic E-state index is 4.29. The summed E-state index contributed by atoms with van der Waals surface area (Å²) < 4.78 is 2.04. The van der Waals surface area contributed by atoms with E-state index in [1.54, 1.807) is 0 Å². The van der Waals surface area contributed by atoms with Crippen LogP contribution in [0.5, 0.6) is 0 Å². The highest BCUT2D eigenvalue weighted by Gasteiger charge is 2.26. The number of hydrogen-bond donors (Lipinski definition) is 0. The third kappa shape index (κ3) is 2.37. The lowest BCUT2D eigenvalue weighted by Gasteiger charge is -2.37. The lowest BCUT2D eigenvalue weighted by Crippen LogP contribution is -2.40. The number of aryl methyl sites for hydroxylation is 1. The van der Waals surface area contributed by atoms with Gasteiger partial charge in [-0.2, -0.15) is 5.10 Å². The van der Waals surface area contributed by atoms with E-state index in [-0.39, 0.29) is 0 Å². The van der Waals surface area contributed by atoms with Gasteiger partial charge in [-0.25, -0.2) is 0 Å². The fourth-order valence-corrected chi connectivity index (χ4v) is 3.41. The van der Waals surface area contributed by atoms with Gasteiger partial charge in [0.05, 0.1) is 0 Å². The Balaban J connectivity index is 1.59. The minimum atomic E-state index is 0.710. The van der Waals surface area contributed by atoms with Crippen LogP contribution in [0.2, 0.25) is 0 Å². The van der Waals surface area contributed by atoms with Crippen molar-refractivity contribution in [3.8, 4) is 0 Å². The van der Waals surface area contributed by atoms with Crippen molar-refractivity contribution in [2.75, 3.05) is 13.1 Å². The summed E-state index contributed by atoms with van der Waals surface area (Å²) >= 11 is 0. The van der Waals surface area contributed by atoms with E-state index < -0.39 is 0 Å². The molecule has 0 spiro atoms. The molecule has 2 heterocycles. The molecule has 3 heteroatoms. The Hall–Kier alpha value is -1.09. The van der Waals surface area contributed by atoms with E-state index in [4.69, 9.17) is 0 Å². The standard InChI is InChI=1S/C15H23N3/c1-17-15(7-10-16-17)13-8-11-18(12-9-13)14-5-3-2-4-6-14/h3,5,7,10,13-14H,2,4,6,8-9,11-12H2,1H3. The van der Waals surface area contributed by atoms with Crippen molar-refractivity contribution >= 4 is 0 Å². The third-order valence-electron chi connectivity index (χ3n) is 4.50. The van der Waals surface area contributed by atoms with Gasteiger partial charge in [0.1, 0.15) is 0 Å². The minimum Gasteiger partial charge on any atom is -0.297 e. The van der Waals surface area contributed by atoms with Gasteiger partial charge in [-0.05, 0) is 51.3 Å². The molecule has 18 heavy (non-hydrogen) atoms. The van der Waals surface area contributed by atoms with Gasteiger partial charge in [-0.3, -0.25) is 9.58 Å². The van der Waals surface area contributed by atoms with E-state index >= 15 is 0 Å². The van der Waals surface area contributed by atoms with Crippen molar-refractivity contribution in [3.05, 3.63) is 30.1 Å². The zero-order valence-electron chi connectivity index (χ0n) is 11.3. The lowest BCUT2D eigenvalue weighted by molar-refractivity contribution is 0.164. The zero-order chi connectivity index (χ0) is 12.4. The molecule has 1 aromatic rings. The van der Waals surface area contributed by atoms with Crippen LogP contribution in [-0.4, -0.2) is 33.8 Å². The highest BCUT2D eigenvalue weighted by molar-refractivity contribution is 5.09. The normalized spacial score (nSPS) is 26.6. The Kier molecular flexibility index (Phi) is 3.50. The molecule has 98 valence electrons. The van der Waals surface area contributed by atoms with Crippen molar-refractivity contribution in [3.63, 3.8) is 0 Å². The second-order valence-electron chi connectivity index (χ2n) is 5.62. The molecule has 0 aromatic carbocycles. The number of nitrogens with zero attached hydrogens (tertiary/aromatic N) is 3. The molecule has 3 nitrogen and oxygen atoms in total. The van der Waals surface area contributed by atoms with Crippen LogP contribution in [0.15, 0.2) is 24.4 Å². The van der Waals surface area contributed by atoms with Crippen LogP contribution in [-0.2, 0) is 7.05 Å². The molecule has 0 saturated carbocycles. The Bertz CT molecular complexity index is 413. The first-order chi connectivity index (χ1) is 8.84. The zero-order valence-corrected chi connectivity index (χ0v) is 11.3. The fraction of sp³-hybridized carbons (Fsp3) is 0.667. The maximum Gasteiger partial charge on any atom is 0.0492 e.